The molecule has 0 radical (unpaired) electrons. The average molecular weight is 265 g/mol. The lowest BCUT2D eigenvalue weighted by atomic mass is 9.93. The molecule has 4 heteroatoms. The van der Waals surface area contributed by atoms with E-state index in [4.69, 9.17) is 9.84 Å². The van der Waals surface area contributed by atoms with Crippen molar-refractivity contribution in [1.82, 2.24) is 5.32 Å². The lowest BCUT2D eigenvalue weighted by Gasteiger charge is -2.16. The molecule has 0 saturated carbocycles. The second kappa shape index (κ2) is 9.53. The minimum absolute atomic E-state index is 0.0855. The molecule has 2 N–H and O–H groups in total. The van der Waals surface area contributed by atoms with Crippen LogP contribution in [-0.2, 0) is 9.53 Å². The van der Waals surface area contributed by atoms with Crippen molar-refractivity contribution in [3.63, 3.8) is 0 Å². The summed E-state index contributed by atoms with van der Waals surface area (Å²) in [6.45, 7) is 3.29. The minimum atomic E-state index is -0.0855. The standard InChI is InChI=1S/C15H23NO3/c1-2-19-12-15(18)16-10-8-14(9-11-17)13-6-4-3-5-7-13/h3-7,14,17H,2,8-12H2,1H3,(H,16,18). The van der Waals surface area contributed by atoms with Crippen LogP contribution in [0.4, 0.5) is 0 Å². The molecule has 0 heterocycles. The molecule has 1 aromatic carbocycles. The number of benzene rings is 1. The van der Waals surface area contributed by atoms with Crippen molar-refractivity contribution >= 4 is 5.91 Å². The summed E-state index contributed by atoms with van der Waals surface area (Å²) in [6.07, 6.45) is 1.54. The van der Waals surface area contributed by atoms with Gasteiger partial charge in [0.15, 0.2) is 0 Å². The fourth-order valence-corrected chi connectivity index (χ4v) is 1.99. The quantitative estimate of drug-likeness (QED) is 0.714. The monoisotopic (exact) mass is 265 g/mol. The van der Waals surface area contributed by atoms with Gasteiger partial charge >= 0.3 is 0 Å². The van der Waals surface area contributed by atoms with Gasteiger partial charge < -0.3 is 15.2 Å². The molecule has 106 valence electrons. The van der Waals surface area contributed by atoms with E-state index in [1.165, 1.54) is 5.56 Å². The van der Waals surface area contributed by atoms with E-state index in [-0.39, 0.29) is 25.0 Å². The van der Waals surface area contributed by atoms with Gasteiger partial charge in [0.2, 0.25) is 5.91 Å². The Morgan fingerprint density at radius 2 is 2.05 bits per heavy atom. The van der Waals surface area contributed by atoms with Gasteiger partial charge in [-0.3, -0.25) is 4.79 Å². The van der Waals surface area contributed by atoms with Gasteiger partial charge in [-0.1, -0.05) is 30.3 Å². The number of hydrogen-bond acceptors (Lipinski definition) is 3. The summed E-state index contributed by atoms with van der Waals surface area (Å²) in [5, 5.41) is 11.9. The van der Waals surface area contributed by atoms with E-state index in [9.17, 15) is 4.79 Å². The van der Waals surface area contributed by atoms with Crippen LogP contribution in [-0.4, -0.2) is 37.4 Å². The highest BCUT2D eigenvalue weighted by molar-refractivity contribution is 5.77. The van der Waals surface area contributed by atoms with Crippen LogP contribution in [0.5, 0.6) is 0 Å². The largest absolute Gasteiger partial charge is 0.396 e. The molecule has 4 nitrogen and oxygen atoms in total. The fourth-order valence-electron chi connectivity index (χ4n) is 1.99. The number of carbonyl (C=O) groups excluding carboxylic acids is 1. The smallest absolute Gasteiger partial charge is 0.245 e. The topological polar surface area (TPSA) is 58.6 Å². The summed E-state index contributed by atoms with van der Waals surface area (Å²) in [5.74, 6) is 0.191. The third-order valence-corrected chi connectivity index (χ3v) is 3.00. The van der Waals surface area contributed by atoms with Gasteiger partial charge in [-0.25, -0.2) is 0 Å². The predicted molar refractivity (Wildman–Crippen MR) is 75.0 cm³/mol. The van der Waals surface area contributed by atoms with E-state index in [2.05, 4.69) is 17.4 Å². The minimum Gasteiger partial charge on any atom is -0.396 e. The first kappa shape index (κ1) is 15.7. The van der Waals surface area contributed by atoms with E-state index >= 15 is 0 Å². The first-order chi connectivity index (χ1) is 9.27. The van der Waals surface area contributed by atoms with Crippen LogP contribution in [0.2, 0.25) is 0 Å². The fraction of sp³-hybridized carbons (Fsp3) is 0.533. The van der Waals surface area contributed by atoms with Crippen molar-refractivity contribution in [2.75, 3.05) is 26.4 Å². The Labute approximate surface area is 114 Å². The molecule has 0 bridgehead atoms. The molecule has 1 aromatic rings. The molecule has 0 spiro atoms. The summed E-state index contributed by atoms with van der Waals surface area (Å²) in [5.41, 5.74) is 1.20. The van der Waals surface area contributed by atoms with Crippen molar-refractivity contribution in [1.29, 1.82) is 0 Å². The van der Waals surface area contributed by atoms with E-state index in [1.54, 1.807) is 0 Å². The van der Waals surface area contributed by atoms with E-state index in [0.29, 0.717) is 19.6 Å². The number of rotatable bonds is 9. The van der Waals surface area contributed by atoms with E-state index in [1.807, 2.05) is 25.1 Å². The van der Waals surface area contributed by atoms with Crippen LogP contribution >= 0.6 is 0 Å². The Morgan fingerprint density at radius 1 is 1.32 bits per heavy atom. The Morgan fingerprint density at radius 3 is 2.68 bits per heavy atom. The Bertz CT molecular complexity index is 354. The molecule has 1 unspecified atom stereocenters. The predicted octanol–water partition coefficient (Wildman–Crippen LogP) is 1.70. The highest BCUT2D eigenvalue weighted by Crippen LogP contribution is 2.22. The maximum Gasteiger partial charge on any atom is 0.245 e. The van der Waals surface area contributed by atoms with Gasteiger partial charge in [-0.2, -0.15) is 0 Å². The first-order valence-electron chi connectivity index (χ1n) is 6.78. The average Bonchev–Trinajstić information content (AvgIpc) is 2.45. The van der Waals surface area contributed by atoms with Crippen LogP contribution in [0.3, 0.4) is 0 Å². The summed E-state index contributed by atoms with van der Waals surface area (Å²) < 4.78 is 5.03. The summed E-state index contributed by atoms with van der Waals surface area (Å²) >= 11 is 0. The third kappa shape index (κ3) is 6.36. The number of hydrogen-bond donors (Lipinski definition) is 2. The maximum atomic E-state index is 11.4. The van der Waals surface area contributed by atoms with Gasteiger partial charge in [-0.15, -0.1) is 0 Å². The molecular weight excluding hydrogens is 242 g/mol. The Kier molecular flexibility index (Phi) is 7.86. The van der Waals surface area contributed by atoms with Crippen molar-refractivity contribution in [3.05, 3.63) is 35.9 Å². The number of aliphatic hydroxyl groups excluding tert-OH is 1. The van der Waals surface area contributed by atoms with Crippen molar-refractivity contribution < 1.29 is 14.6 Å². The van der Waals surface area contributed by atoms with E-state index in [0.717, 1.165) is 6.42 Å². The molecule has 0 aliphatic heterocycles. The SMILES string of the molecule is CCOCC(=O)NCCC(CCO)c1ccccc1. The molecule has 0 fully saturated rings. The van der Waals surface area contributed by atoms with Crippen molar-refractivity contribution in [2.45, 2.75) is 25.7 Å². The highest BCUT2D eigenvalue weighted by Gasteiger charge is 2.11. The molecule has 0 aliphatic rings. The lowest BCUT2D eigenvalue weighted by molar-refractivity contribution is -0.125. The summed E-state index contributed by atoms with van der Waals surface area (Å²) in [6, 6.07) is 10.1. The molecule has 0 aliphatic carbocycles. The van der Waals surface area contributed by atoms with Crippen LogP contribution < -0.4 is 5.32 Å². The van der Waals surface area contributed by atoms with Gasteiger partial charge in [0.05, 0.1) is 0 Å². The zero-order valence-electron chi connectivity index (χ0n) is 11.5. The number of amides is 1. The Balaban J connectivity index is 2.36. The molecule has 1 amide bonds. The van der Waals surface area contributed by atoms with Crippen LogP contribution in [0.25, 0.3) is 0 Å². The van der Waals surface area contributed by atoms with Crippen LogP contribution in [0.15, 0.2) is 30.3 Å². The number of carbonyl (C=O) groups is 1. The molecule has 19 heavy (non-hydrogen) atoms. The second-order valence-corrected chi connectivity index (χ2v) is 4.40. The van der Waals surface area contributed by atoms with Crippen LogP contribution in [0.1, 0.15) is 31.2 Å². The Hall–Kier alpha value is -1.39. The first-order valence-corrected chi connectivity index (χ1v) is 6.78. The summed E-state index contributed by atoms with van der Waals surface area (Å²) in [7, 11) is 0. The highest BCUT2D eigenvalue weighted by atomic mass is 16.5. The van der Waals surface area contributed by atoms with Crippen LogP contribution in [0, 0.1) is 0 Å². The normalized spacial score (nSPS) is 12.1. The number of nitrogens with one attached hydrogen (secondary N) is 1. The van der Waals surface area contributed by atoms with Gasteiger partial charge in [0.25, 0.3) is 0 Å². The second-order valence-electron chi connectivity index (χ2n) is 4.40. The third-order valence-electron chi connectivity index (χ3n) is 3.00. The number of aliphatic hydroxyl groups is 1. The summed E-state index contributed by atoms with van der Waals surface area (Å²) in [4.78, 5) is 11.4. The van der Waals surface area contributed by atoms with Crippen molar-refractivity contribution in [3.8, 4) is 0 Å². The van der Waals surface area contributed by atoms with Gasteiger partial charge in [0.1, 0.15) is 6.61 Å². The lowest BCUT2D eigenvalue weighted by Crippen LogP contribution is -2.29. The maximum absolute atomic E-state index is 11.4. The molecular formula is C15H23NO3. The zero-order valence-corrected chi connectivity index (χ0v) is 11.5. The van der Waals surface area contributed by atoms with E-state index < -0.39 is 0 Å². The van der Waals surface area contributed by atoms with Gasteiger partial charge in [-0.05, 0) is 31.2 Å². The van der Waals surface area contributed by atoms with Crippen molar-refractivity contribution in [2.24, 2.45) is 0 Å². The molecule has 1 atom stereocenters. The van der Waals surface area contributed by atoms with Gasteiger partial charge in [0, 0.05) is 19.8 Å². The zero-order chi connectivity index (χ0) is 13.9. The molecule has 0 saturated heterocycles. The number of ether oxygens (including phenoxy) is 1. The molecule has 0 aromatic heterocycles. The molecule has 1 rings (SSSR count).